The summed E-state index contributed by atoms with van der Waals surface area (Å²) < 4.78 is 0.766. The highest BCUT2D eigenvalue weighted by molar-refractivity contribution is 9.10. The highest BCUT2D eigenvalue weighted by atomic mass is 79.9. The van der Waals surface area contributed by atoms with Gasteiger partial charge in [-0.1, -0.05) is 18.2 Å². The van der Waals surface area contributed by atoms with Gasteiger partial charge < -0.3 is 5.11 Å². The lowest BCUT2D eigenvalue weighted by Gasteiger charge is -2.12. The van der Waals surface area contributed by atoms with Gasteiger partial charge in [-0.3, -0.25) is 0 Å². The van der Waals surface area contributed by atoms with Crippen LogP contribution in [0.1, 0.15) is 17.4 Å². The second-order valence-corrected chi connectivity index (χ2v) is 4.98. The van der Waals surface area contributed by atoms with Crippen molar-refractivity contribution >= 4 is 26.8 Å². The Morgan fingerprint density at radius 1 is 1.11 bits per heavy atom. The average molecular weight is 316 g/mol. The number of aliphatic hydroxyl groups excluding tert-OH is 1. The fourth-order valence-corrected chi connectivity index (χ4v) is 2.46. The molecule has 0 amide bonds. The highest BCUT2D eigenvalue weighted by Crippen LogP contribution is 2.29. The molecule has 19 heavy (non-hydrogen) atoms. The maximum atomic E-state index is 10.4. The van der Waals surface area contributed by atoms with E-state index in [9.17, 15) is 5.11 Å². The third-order valence-electron chi connectivity index (χ3n) is 2.86. The van der Waals surface area contributed by atoms with Crippen LogP contribution in [0.25, 0.3) is 10.9 Å². The fourth-order valence-electron chi connectivity index (χ4n) is 1.91. The van der Waals surface area contributed by atoms with Crippen molar-refractivity contribution in [3.8, 4) is 0 Å². The van der Waals surface area contributed by atoms with Crippen molar-refractivity contribution < 1.29 is 5.11 Å². The molecule has 0 aliphatic rings. The van der Waals surface area contributed by atoms with Gasteiger partial charge >= 0.3 is 0 Å². The number of nitrogens with zero attached hydrogens (tertiary/aromatic N) is 3. The summed E-state index contributed by atoms with van der Waals surface area (Å²) in [7, 11) is 0. The summed E-state index contributed by atoms with van der Waals surface area (Å²) in [6, 6.07) is 9.72. The lowest BCUT2D eigenvalue weighted by molar-refractivity contribution is 0.214. The number of para-hydroxylation sites is 1. The molecule has 0 spiro atoms. The molecule has 3 rings (SSSR count). The SMILES string of the molecule is OC(c1cncnc1)c1nc2ccccc2cc1Br. The largest absolute Gasteiger partial charge is 0.382 e. The molecule has 1 atom stereocenters. The zero-order valence-electron chi connectivity index (χ0n) is 9.86. The lowest BCUT2D eigenvalue weighted by Crippen LogP contribution is -2.04. The van der Waals surface area contributed by atoms with E-state index in [-0.39, 0.29) is 0 Å². The first kappa shape index (κ1) is 12.2. The number of hydrogen-bond acceptors (Lipinski definition) is 4. The van der Waals surface area contributed by atoms with E-state index in [4.69, 9.17) is 0 Å². The number of aliphatic hydroxyl groups is 1. The summed E-state index contributed by atoms with van der Waals surface area (Å²) in [5, 5.41) is 11.4. The average Bonchev–Trinajstić information content (AvgIpc) is 2.47. The molecule has 5 heteroatoms. The minimum atomic E-state index is -0.847. The third kappa shape index (κ3) is 2.34. The van der Waals surface area contributed by atoms with E-state index in [1.54, 1.807) is 12.4 Å². The second kappa shape index (κ2) is 5.03. The molecular weight excluding hydrogens is 306 g/mol. The van der Waals surface area contributed by atoms with Gasteiger partial charge in [-0.15, -0.1) is 0 Å². The van der Waals surface area contributed by atoms with Gasteiger partial charge in [-0.2, -0.15) is 0 Å². The first-order chi connectivity index (χ1) is 9.25. The molecule has 0 fully saturated rings. The highest BCUT2D eigenvalue weighted by Gasteiger charge is 2.16. The van der Waals surface area contributed by atoms with Gasteiger partial charge in [-0.25, -0.2) is 15.0 Å². The van der Waals surface area contributed by atoms with E-state index in [0.29, 0.717) is 11.3 Å². The van der Waals surface area contributed by atoms with E-state index < -0.39 is 6.10 Å². The molecule has 0 saturated heterocycles. The number of rotatable bonds is 2. The van der Waals surface area contributed by atoms with Crippen LogP contribution < -0.4 is 0 Å². The molecule has 1 aromatic carbocycles. The lowest BCUT2D eigenvalue weighted by atomic mass is 10.1. The first-order valence-electron chi connectivity index (χ1n) is 5.74. The number of pyridine rings is 1. The Morgan fingerprint density at radius 2 is 1.84 bits per heavy atom. The predicted molar refractivity (Wildman–Crippen MR) is 75.5 cm³/mol. The van der Waals surface area contributed by atoms with Crippen LogP contribution in [0.3, 0.4) is 0 Å². The van der Waals surface area contributed by atoms with E-state index >= 15 is 0 Å². The van der Waals surface area contributed by atoms with Crippen LogP contribution in [-0.4, -0.2) is 20.1 Å². The molecular formula is C14H10BrN3O. The normalized spacial score (nSPS) is 12.5. The van der Waals surface area contributed by atoms with Crippen molar-refractivity contribution in [2.75, 3.05) is 0 Å². The minimum Gasteiger partial charge on any atom is -0.382 e. The van der Waals surface area contributed by atoms with E-state index in [1.165, 1.54) is 6.33 Å². The van der Waals surface area contributed by atoms with Crippen molar-refractivity contribution in [3.63, 3.8) is 0 Å². The van der Waals surface area contributed by atoms with Crippen LogP contribution in [0, 0.1) is 0 Å². The number of fused-ring (bicyclic) bond motifs is 1. The Bertz CT molecular complexity index is 718. The molecule has 0 saturated carbocycles. The number of halogens is 1. The van der Waals surface area contributed by atoms with Crippen molar-refractivity contribution in [1.29, 1.82) is 0 Å². The van der Waals surface area contributed by atoms with Crippen LogP contribution in [0.4, 0.5) is 0 Å². The van der Waals surface area contributed by atoms with Gasteiger partial charge in [0.25, 0.3) is 0 Å². The molecule has 4 nitrogen and oxygen atoms in total. The Morgan fingerprint density at radius 3 is 2.63 bits per heavy atom. The van der Waals surface area contributed by atoms with E-state index in [2.05, 4.69) is 30.9 Å². The quantitative estimate of drug-likeness (QED) is 0.790. The molecule has 94 valence electrons. The van der Waals surface area contributed by atoms with Gasteiger partial charge in [0.2, 0.25) is 0 Å². The summed E-state index contributed by atoms with van der Waals surface area (Å²) in [6.45, 7) is 0. The van der Waals surface area contributed by atoms with Crippen LogP contribution in [0.15, 0.2) is 53.5 Å². The van der Waals surface area contributed by atoms with E-state index in [1.807, 2.05) is 30.3 Å². The fraction of sp³-hybridized carbons (Fsp3) is 0.0714. The Kier molecular flexibility index (Phi) is 3.23. The smallest absolute Gasteiger partial charge is 0.125 e. The molecule has 0 radical (unpaired) electrons. The summed E-state index contributed by atoms with van der Waals surface area (Å²) in [5.74, 6) is 0. The van der Waals surface area contributed by atoms with Crippen molar-refractivity contribution in [3.05, 3.63) is 64.8 Å². The Hall–Kier alpha value is -1.85. The van der Waals surface area contributed by atoms with Gasteiger partial charge in [0.1, 0.15) is 12.4 Å². The maximum absolute atomic E-state index is 10.4. The van der Waals surface area contributed by atoms with Crippen molar-refractivity contribution in [2.24, 2.45) is 0 Å². The summed E-state index contributed by atoms with van der Waals surface area (Å²) >= 11 is 3.45. The van der Waals surface area contributed by atoms with E-state index in [0.717, 1.165) is 15.4 Å². The molecule has 2 aromatic heterocycles. The summed E-state index contributed by atoms with van der Waals surface area (Å²) in [5.41, 5.74) is 2.02. The molecule has 1 N–H and O–H groups in total. The number of benzene rings is 1. The monoisotopic (exact) mass is 315 g/mol. The molecule has 0 aliphatic carbocycles. The van der Waals surface area contributed by atoms with Crippen LogP contribution in [0.2, 0.25) is 0 Å². The predicted octanol–water partition coefficient (Wildman–Crippen LogP) is 2.87. The van der Waals surface area contributed by atoms with Crippen LogP contribution in [-0.2, 0) is 0 Å². The molecule has 3 aromatic rings. The summed E-state index contributed by atoms with van der Waals surface area (Å²) in [4.78, 5) is 12.3. The molecule has 2 heterocycles. The zero-order valence-corrected chi connectivity index (χ0v) is 11.4. The maximum Gasteiger partial charge on any atom is 0.125 e. The topological polar surface area (TPSA) is 58.9 Å². The molecule has 0 bridgehead atoms. The summed E-state index contributed by atoms with van der Waals surface area (Å²) in [6.07, 6.45) is 3.75. The third-order valence-corrected chi connectivity index (χ3v) is 3.50. The number of aromatic nitrogens is 3. The van der Waals surface area contributed by atoms with Crippen LogP contribution >= 0.6 is 15.9 Å². The number of hydrogen-bond donors (Lipinski definition) is 1. The minimum absolute atomic E-state index is 0.563. The van der Waals surface area contributed by atoms with Gasteiger partial charge in [0, 0.05) is 27.8 Å². The van der Waals surface area contributed by atoms with Gasteiger partial charge in [0.15, 0.2) is 0 Å². The Balaban J connectivity index is 2.12. The molecule has 0 aliphatic heterocycles. The van der Waals surface area contributed by atoms with Gasteiger partial charge in [0.05, 0.1) is 11.2 Å². The van der Waals surface area contributed by atoms with Crippen molar-refractivity contribution in [1.82, 2.24) is 15.0 Å². The van der Waals surface area contributed by atoms with Gasteiger partial charge in [-0.05, 0) is 28.1 Å². The standard InChI is InChI=1S/C14H10BrN3O/c15-11-5-9-3-1-2-4-12(9)18-13(11)14(19)10-6-16-8-17-7-10/h1-8,14,19H. The van der Waals surface area contributed by atoms with Crippen LogP contribution in [0.5, 0.6) is 0 Å². The first-order valence-corrected chi connectivity index (χ1v) is 6.53. The zero-order chi connectivity index (χ0) is 13.2. The Labute approximate surface area is 118 Å². The van der Waals surface area contributed by atoms with Crippen molar-refractivity contribution in [2.45, 2.75) is 6.10 Å². The second-order valence-electron chi connectivity index (χ2n) is 4.12. The molecule has 1 unspecified atom stereocenters.